The van der Waals surface area contributed by atoms with Gasteiger partial charge in [0.25, 0.3) is 0 Å². The van der Waals surface area contributed by atoms with Gasteiger partial charge in [-0.1, -0.05) is 6.92 Å². The Balaban J connectivity index is 1.93. The number of amides is 1. The molecule has 2 aromatic heterocycles. The Hall–Kier alpha value is -1.89. The first kappa shape index (κ1) is 14.1. The third kappa shape index (κ3) is 2.78. The minimum Gasteiger partial charge on any atom is -0.368 e. The molecule has 1 amide bonds. The number of nitrogens with zero attached hydrogens (tertiary/aromatic N) is 3. The Kier molecular flexibility index (Phi) is 3.67. The van der Waals surface area contributed by atoms with Crippen molar-refractivity contribution in [3.63, 3.8) is 0 Å². The Bertz CT molecular complexity index is 683. The van der Waals surface area contributed by atoms with Crippen LogP contribution in [0.4, 0.5) is 11.8 Å². The average Bonchev–Trinajstić information content (AvgIpc) is 3.03. The quantitative estimate of drug-likeness (QED) is 0.899. The third-order valence-electron chi connectivity index (χ3n) is 3.68. The van der Waals surface area contributed by atoms with E-state index < -0.39 is 0 Å². The predicted octanol–water partition coefficient (Wildman–Crippen LogP) is 1.55. The maximum absolute atomic E-state index is 11.2. The van der Waals surface area contributed by atoms with Gasteiger partial charge in [-0.25, -0.2) is 4.98 Å². The van der Waals surface area contributed by atoms with Crippen LogP contribution in [0.1, 0.15) is 25.1 Å². The summed E-state index contributed by atoms with van der Waals surface area (Å²) in [7, 11) is 0. The number of carbonyl (C=O) groups is 1. The molecular formula is C14H19N5OS. The molecule has 1 aliphatic rings. The van der Waals surface area contributed by atoms with E-state index in [-0.39, 0.29) is 11.9 Å². The van der Waals surface area contributed by atoms with Crippen LogP contribution in [0.3, 0.4) is 0 Å². The molecule has 0 spiro atoms. The number of rotatable bonds is 3. The van der Waals surface area contributed by atoms with Crippen LogP contribution in [0.25, 0.3) is 10.2 Å². The zero-order valence-electron chi connectivity index (χ0n) is 12.2. The van der Waals surface area contributed by atoms with Crippen LogP contribution in [0.5, 0.6) is 0 Å². The van der Waals surface area contributed by atoms with Crippen LogP contribution in [0.2, 0.25) is 0 Å². The lowest BCUT2D eigenvalue weighted by molar-refractivity contribution is -0.119. The van der Waals surface area contributed by atoms with Gasteiger partial charge in [0.2, 0.25) is 11.9 Å². The number of carbonyl (C=O) groups excluding carboxylic acids is 1. The van der Waals surface area contributed by atoms with E-state index in [1.54, 1.807) is 18.3 Å². The molecule has 0 saturated carbocycles. The molecule has 0 radical (unpaired) electrons. The zero-order valence-corrected chi connectivity index (χ0v) is 13.0. The Morgan fingerprint density at radius 3 is 3.10 bits per heavy atom. The van der Waals surface area contributed by atoms with Gasteiger partial charge in [-0.3, -0.25) is 4.79 Å². The Labute approximate surface area is 127 Å². The summed E-state index contributed by atoms with van der Waals surface area (Å²) in [4.78, 5) is 24.4. The van der Waals surface area contributed by atoms with E-state index in [4.69, 9.17) is 5.73 Å². The number of thiophene rings is 1. The number of nitrogens with two attached hydrogens (primary N) is 1. The van der Waals surface area contributed by atoms with E-state index >= 15 is 0 Å². The summed E-state index contributed by atoms with van der Waals surface area (Å²) in [5.74, 6) is 1.21. The van der Waals surface area contributed by atoms with Crippen LogP contribution in [0.15, 0.2) is 6.07 Å². The van der Waals surface area contributed by atoms with E-state index in [0.29, 0.717) is 5.95 Å². The summed E-state index contributed by atoms with van der Waals surface area (Å²) >= 11 is 1.67. The first-order valence-electron chi connectivity index (χ1n) is 7.14. The van der Waals surface area contributed by atoms with Crippen molar-refractivity contribution in [1.29, 1.82) is 0 Å². The van der Waals surface area contributed by atoms with Gasteiger partial charge in [-0.05, 0) is 18.9 Å². The minimum absolute atomic E-state index is 0.0120. The lowest BCUT2D eigenvalue weighted by atomic mass is 10.2. The molecule has 112 valence electrons. The summed E-state index contributed by atoms with van der Waals surface area (Å²) in [5, 5.41) is 4.03. The van der Waals surface area contributed by atoms with Crippen molar-refractivity contribution in [3.05, 3.63) is 10.9 Å². The molecule has 0 aliphatic carbocycles. The molecular weight excluding hydrogens is 286 g/mol. The summed E-state index contributed by atoms with van der Waals surface area (Å²) in [6.07, 6.45) is 1.91. The molecule has 21 heavy (non-hydrogen) atoms. The van der Waals surface area contributed by atoms with Gasteiger partial charge < -0.3 is 16.0 Å². The van der Waals surface area contributed by atoms with E-state index in [9.17, 15) is 4.79 Å². The third-order valence-corrected chi connectivity index (χ3v) is 4.86. The van der Waals surface area contributed by atoms with E-state index in [0.717, 1.165) is 42.0 Å². The predicted molar refractivity (Wildman–Crippen MR) is 85.6 cm³/mol. The van der Waals surface area contributed by atoms with Crippen molar-refractivity contribution < 1.29 is 4.79 Å². The molecule has 7 heteroatoms. The molecule has 6 nitrogen and oxygen atoms in total. The second-order valence-corrected chi connectivity index (χ2v) is 6.44. The highest BCUT2D eigenvalue weighted by Crippen LogP contribution is 2.33. The smallest absolute Gasteiger partial charge is 0.223 e. The standard InChI is InChI=1S/C14H19N5OS/c1-3-10-6-11-12(17-14(15)18-13(11)21-10)19-5-4-9(7-19)16-8(2)20/h6,9H,3-5,7H2,1-2H3,(H,16,20)(H2,15,17,18). The van der Waals surface area contributed by atoms with Crippen molar-refractivity contribution in [1.82, 2.24) is 15.3 Å². The summed E-state index contributed by atoms with van der Waals surface area (Å²) in [5.41, 5.74) is 5.85. The molecule has 1 unspecified atom stereocenters. The number of hydrogen-bond acceptors (Lipinski definition) is 6. The number of fused-ring (bicyclic) bond motifs is 1. The molecule has 1 aliphatic heterocycles. The molecule has 0 aromatic carbocycles. The van der Waals surface area contributed by atoms with E-state index in [2.05, 4.69) is 33.2 Å². The van der Waals surface area contributed by atoms with Gasteiger partial charge in [0.05, 0.1) is 5.39 Å². The molecule has 0 bridgehead atoms. The highest BCUT2D eigenvalue weighted by molar-refractivity contribution is 7.18. The van der Waals surface area contributed by atoms with Gasteiger partial charge >= 0.3 is 0 Å². The summed E-state index contributed by atoms with van der Waals surface area (Å²) in [6, 6.07) is 2.33. The molecule has 1 atom stereocenters. The topological polar surface area (TPSA) is 84.1 Å². The Morgan fingerprint density at radius 1 is 1.57 bits per heavy atom. The SMILES string of the molecule is CCc1cc2c(N3CCC(NC(C)=O)C3)nc(N)nc2s1. The number of nitrogen functional groups attached to an aromatic ring is 1. The van der Waals surface area contributed by atoms with Crippen LogP contribution in [-0.2, 0) is 11.2 Å². The molecule has 3 N–H and O–H groups in total. The normalized spacial score (nSPS) is 18.4. The van der Waals surface area contributed by atoms with Crippen LogP contribution >= 0.6 is 11.3 Å². The van der Waals surface area contributed by atoms with Crippen molar-refractivity contribution >= 4 is 39.2 Å². The second kappa shape index (κ2) is 5.48. The molecule has 2 aromatic rings. The van der Waals surface area contributed by atoms with Crippen molar-refractivity contribution in [2.24, 2.45) is 0 Å². The fourth-order valence-corrected chi connectivity index (χ4v) is 3.71. The van der Waals surface area contributed by atoms with Crippen LogP contribution in [0, 0.1) is 0 Å². The number of nitrogens with one attached hydrogen (secondary N) is 1. The van der Waals surface area contributed by atoms with Crippen molar-refractivity contribution in [2.45, 2.75) is 32.7 Å². The number of aryl methyl sites for hydroxylation is 1. The Morgan fingerprint density at radius 2 is 2.38 bits per heavy atom. The zero-order chi connectivity index (χ0) is 15.0. The lowest BCUT2D eigenvalue weighted by Crippen LogP contribution is -2.35. The van der Waals surface area contributed by atoms with Gasteiger partial charge in [-0.2, -0.15) is 4.98 Å². The van der Waals surface area contributed by atoms with Gasteiger partial charge in [0, 0.05) is 30.9 Å². The summed E-state index contributed by atoms with van der Waals surface area (Å²) < 4.78 is 0. The summed E-state index contributed by atoms with van der Waals surface area (Å²) in [6.45, 7) is 5.32. The lowest BCUT2D eigenvalue weighted by Gasteiger charge is -2.18. The fraction of sp³-hybridized carbons (Fsp3) is 0.500. The molecule has 1 saturated heterocycles. The monoisotopic (exact) mass is 305 g/mol. The van der Waals surface area contributed by atoms with Crippen LogP contribution in [-0.4, -0.2) is 35.0 Å². The van der Waals surface area contributed by atoms with Crippen molar-refractivity contribution in [2.75, 3.05) is 23.7 Å². The number of anilines is 2. The molecule has 3 rings (SSSR count). The fourth-order valence-electron chi connectivity index (χ4n) is 2.75. The van der Waals surface area contributed by atoms with Crippen LogP contribution < -0.4 is 16.0 Å². The van der Waals surface area contributed by atoms with E-state index in [1.165, 1.54) is 4.88 Å². The van der Waals surface area contributed by atoms with Crippen molar-refractivity contribution in [3.8, 4) is 0 Å². The van der Waals surface area contributed by atoms with Gasteiger partial charge in [-0.15, -0.1) is 11.3 Å². The average molecular weight is 305 g/mol. The first-order valence-corrected chi connectivity index (χ1v) is 7.96. The maximum Gasteiger partial charge on any atom is 0.223 e. The highest BCUT2D eigenvalue weighted by atomic mass is 32.1. The maximum atomic E-state index is 11.2. The largest absolute Gasteiger partial charge is 0.368 e. The number of hydrogen-bond donors (Lipinski definition) is 2. The first-order chi connectivity index (χ1) is 10.1. The molecule has 3 heterocycles. The molecule has 1 fully saturated rings. The van der Waals surface area contributed by atoms with E-state index in [1.807, 2.05) is 0 Å². The number of aromatic nitrogens is 2. The van der Waals surface area contributed by atoms with Gasteiger partial charge in [0.1, 0.15) is 10.6 Å². The minimum atomic E-state index is 0.0120. The van der Waals surface area contributed by atoms with Gasteiger partial charge in [0.15, 0.2) is 0 Å². The highest BCUT2D eigenvalue weighted by Gasteiger charge is 2.26. The second-order valence-electron chi connectivity index (χ2n) is 5.32.